The molecule has 0 aromatic carbocycles. The van der Waals surface area contributed by atoms with Crippen LogP contribution >= 0.6 is 11.6 Å². The number of hydrogen-bond acceptors (Lipinski definition) is 4. The minimum Gasteiger partial charge on any atom is -0.481 e. The number of carbonyl (C=O) groups excluding carboxylic acids is 1. The highest BCUT2D eigenvalue weighted by Crippen LogP contribution is 2.21. The second kappa shape index (κ2) is 8.88. The van der Waals surface area contributed by atoms with Crippen LogP contribution in [-0.4, -0.2) is 58.0 Å². The quantitative estimate of drug-likeness (QED) is 0.692. The molecule has 0 aliphatic heterocycles. The Balaban J connectivity index is 2.90. The molecule has 1 N–H and O–H groups in total. The van der Waals surface area contributed by atoms with E-state index in [9.17, 15) is 9.59 Å². The molecule has 7 nitrogen and oxygen atoms in total. The molecule has 8 heteroatoms. The summed E-state index contributed by atoms with van der Waals surface area (Å²) in [6.07, 6.45) is 0.620. The van der Waals surface area contributed by atoms with Crippen molar-refractivity contribution in [1.29, 1.82) is 0 Å². The monoisotopic (exact) mass is 345 g/mol. The number of aliphatic carboxylic acids is 1. The average Bonchev–Trinajstić information content (AvgIpc) is 2.76. The fourth-order valence-corrected chi connectivity index (χ4v) is 2.30. The van der Waals surface area contributed by atoms with Crippen LogP contribution in [0.4, 0.5) is 0 Å². The molecule has 23 heavy (non-hydrogen) atoms. The number of hydrogen-bond donors (Lipinski definition) is 1. The molecule has 0 aliphatic carbocycles. The molecule has 1 amide bonds. The minimum atomic E-state index is -0.948. The third-order valence-electron chi connectivity index (χ3n) is 3.59. The molecule has 130 valence electrons. The zero-order chi connectivity index (χ0) is 17.6. The molecule has 1 heterocycles. The summed E-state index contributed by atoms with van der Waals surface area (Å²) in [6.45, 7) is 6.84. The van der Waals surface area contributed by atoms with Crippen molar-refractivity contribution in [3.8, 4) is 0 Å². The van der Waals surface area contributed by atoms with E-state index in [0.717, 1.165) is 0 Å². The van der Waals surface area contributed by atoms with Crippen molar-refractivity contribution < 1.29 is 19.4 Å². The Morgan fingerprint density at radius 3 is 2.61 bits per heavy atom. The number of carbonyl (C=O) groups is 2. The van der Waals surface area contributed by atoms with Gasteiger partial charge in [0.25, 0.3) is 5.91 Å². The van der Waals surface area contributed by atoms with Crippen LogP contribution in [-0.2, 0) is 16.6 Å². The van der Waals surface area contributed by atoms with Crippen molar-refractivity contribution in [2.75, 3.05) is 26.3 Å². The Morgan fingerprint density at radius 2 is 2.13 bits per heavy atom. The Bertz CT molecular complexity index is 559. The molecule has 1 rings (SSSR count). The first-order valence-electron chi connectivity index (χ1n) is 7.58. The standard InChI is InChI=1S/C15H24ClN3O4/c1-5-23-8-6-7-19(9-10(2)15(21)22)14(20)13-12(16)11(3)18(4)17-13/h10H,5-9H2,1-4H3,(H,21,22). The van der Waals surface area contributed by atoms with Crippen molar-refractivity contribution >= 4 is 23.5 Å². The normalized spacial score (nSPS) is 12.2. The average molecular weight is 346 g/mol. The smallest absolute Gasteiger partial charge is 0.308 e. The van der Waals surface area contributed by atoms with Crippen LogP contribution in [0.2, 0.25) is 5.02 Å². The lowest BCUT2D eigenvalue weighted by Crippen LogP contribution is -2.38. The lowest BCUT2D eigenvalue weighted by Gasteiger charge is -2.24. The van der Waals surface area contributed by atoms with E-state index in [4.69, 9.17) is 21.4 Å². The highest BCUT2D eigenvalue weighted by molar-refractivity contribution is 6.34. The van der Waals surface area contributed by atoms with Gasteiger partial charge in [-0.05, 0) is 20.3 Å². The second-order valence-electron chi connectivity index (χ2n) is 5.41. The number of halogens is 1. The third kappa shape index (κ3) is 5.21. The van der Waals surface area contributed by atoms with Crippen LogP contribution in [0, 0.1) is 12.8 Å². The Kier molecular flexibility index (Phi) is 7.51. The molecule has 0 spiro atoms. The number of aromatic nitrogens is 2. The lowest BCUT2D eigenvalue weighted by atomic mass is 10.1. The first-order valence-corrected chi connectivity index (χ1v) is 7.96. The van der Waals surface area contributed by atoms with Gasteiger partial charge in [-0.3, -0.25) is 14.3 Å². The molecule has 1 atom stereocenters. The molecule has 0 bridgehead atoms. The first kappa shape index (κ1) is 19.4. The summed E-state index contributed by atoms with van der Waals surface area (Å²) in [7, 11) is 1.71. The third-order valence-corrected chi connectivity index (χ3v) is 4.04. The highest BCUT2D eigenvalue weighted by atomic mass is 35.5. The van der Waals surface area contributed by atoms with Crippen LogP contribution in [0.3, 0.4) is 0 Å². The molecule has 1 aromatic rings. The van der Waals surface area contributed by atoms with Crippen LogP contribution < -0.4 is 0 Å². The summed E-state index contributed by atoms with van der Waals surface area (Å²) in [5, 5.41) is 13.5. The van der Waals surface area contributed by atoms with Crippen LogP contribution in [0.1, 0.15) is 36.5 Å². The molecule has 0 fully saturated rings. The summed E-state index contributed by atoms with van der Waals surface area (Å²) >= 11 is 6.16. The van der Waals surface area contributed by atoms with E-state index < -0.39 is 11.9 Å². The van der Waals surface area contributed by atoms with Crippen LogP contribution in [0.25, 0.3) is 0 Å². The minimum absolute atomic E-state index is 0.103. The van der Waals surface area contributed by atoms with Crippen molar-refractivity contribution in [1.82, 2.24) is 14.7 Å². The SMILES string of the molecule is CCOCCCN(CC(C)C(=O)O)C(=O)c1nn(C)c(C)c1Cl. The van der Waals surface area contributed by atoms with Crippen LogP contribution in [0.5, 0.6) is 0 Å². The van der Waals surface area contributed by atoms with Crippen molar-refractivity contribution in [2.24, 2.45) is 13.0 Å². The molecular weight excluding hydrogens is 322 g/mol. The van der Waals surface area contributed by atoms with E-state index in [1.165, 1.54) is 9.58 Å². The molecular formula is C15H24ClN3O4. The predicted molar refractivity (Wildman–Crippen MR) is 86.8 cm³/mol. The number of ether oxygens (including phenoxy) is 1. The van der Waals surface area contributed by atoms with Gasteiger partial charge in [-0.15, -0.1) is 0 Å². The van der Waals surface area contributed by atoms with E-state index >= 15 is 0 Å². The molecule has 1 unspecified atom stereocenters. The summed E-state index contributed by atoms with van der Waals surface area (Å²) in [4.78, 5) is 25.2. The summed E-state index contributed by atoms with van der Waals surface area (Å²) < 4.78 is 6.80. The zero-order valence-electron chi connectivity index (χ0n) is 14.0. The van der Waals surface area contributed by atoms with Crippen molar-refractivity contribution in [2.45, 2.75) is 27.2 Å². The maximum atomic E-state index is 12.7. The molecule has 0 saturated carbocycles. The maximum absolute atomic E-state index is 12.7. The van der Waals surface area contributed by atoms with Gasteiger partial charge in [0.05, 0.1) is 16.6 Å². The molecule has 0 radical (unpaired) electrons. The molecule has 1 aromatic heterocycles. The Labute approximate surface area is 141 Å². The Hall–Kier alpha value is -1.60. The summed E-state index contributed by atoms with van der Waals surface area (Å²) in [5.74, 6) is -1.98. The van der Waals surface area contributed by atoms with Gasteiger partial charge in [-0.25, -0.2) is 0 Å². The van der Waals surface area contributed by atoms with E-state index in [1.807, 2.05) is 6.92 Å². The first-order chi connectivity index (χ1) is 10.8. The maximum Gasteiger partial charge on any atom is 0.308 e. The number of amides is 1. The fraction of sp³-hybridized carbons (Fsp3) is 0.667. The van der Waals surface area contributed by atoms with Crippen molar-refractivity contribution in [3.05, 3.63) is 16.4 Å². The van der Waals surface area contributed by atoms with Gasteiger partial charge in [0.1, 0.15) is 0 Å². The lowest BCUT2D eigenvalue weighted by molar-refractivity contribution is -0.141. The molecule has 0 aliphatic rings. The van der Waals surface area contributed by atoms with Gasteiger partial charge in [0, 0.05) is 33.4 Å². The van der Waals surface area contributed by atoms with Gasteiger partial charge in [-0.1, -0.05) is 18.5 Å². The Morgan fingerprint density at radius 1 is 1.48 bits per heavy atom. The summed E-state index contributed by atoms with van der Waals surface area (Å²) in [6, 6.07) is 0. The number of rotatable bonds is 9. The fourth-order valence-electron chi connectivity index (χ4n) is 2.05. The van der Waals surface area contributed by atoms with Crippen molar-refractivity contribution in [3.63, 3.8) is 0 Å². The highest BCUT2D eigenvalue weighted by Gasteiger charge is 2.26. The number of nitrogens with zero attached hydrogens (tertiary/aromatic N) is 3. The number of aryl methyl sites for hydroxylation is 1. The van der Waals surface area contributed by atoms with Crippen LogP contribution in [0.15, 0.2) is 0 Å². The van der Waals surface area contributed by atoms with Gasteiger partial charge in [0.2, 0.25) is 0 Å². The zero-order valence-corrected chi connectivity index (χ0v) is 14.8. The second-order valence-corrected chi connectivity index (χ2v) is 5.79. The number of carboxylic acid groups (broad SMARTS) is 1. The van der Waals surface area contributed by atoms with Gasteiger partial charge in [0.15, 0.2) is 5.69 Å². The van der Waals surface area contributed by atoms with Gasteiger partial charge >= 0.3 is 5.97 Å². The van der Waals surface area contributed by atoms with E-state index in [-0.39, 0.29) is 18.1 Å². The topological polar surface area (TPSA) is 84.7 Å². The van der Waals surface area contributed by atoms with E-state index in [0.29, 0.717) is 36.9 Å². The van der Waals surface area contributed by atoms with E-state index in [2.05, 4.69) is 5.10 Å². The largest absolute Gasteiger partial charge is 0.481 e. The molecule has 0 saturated heterocycles. The number of carboxylic acids is 1. The van der Waals surface area contributed by atoms with Gasteiger partial charge < -0.3 is 14.7 Å². The van der Waals surface area contributed by atoms with E-state index in [1.54, 1.807) is 20.9 Å². The van der Waals surface area contributed by atoms with Gasteiger partial charge in [-0.2, -0.15) is 5.10 Å². The predicted octanol–water partition coefficient (Wildman–Crippen LogP) is 1.97. The summed E-state index contributed by atoms with van der Waals surface area (Å²) in [5.41, 5.74) is 0.844.